The minimum Gasteiger partial charge on any atom is -0.459 e. The summed E-state index contributed by atoms with van der Waals surface area (Å²) in [5.41, 5.74) is 4.56. The molecule has 2 amide bonds. The molecule has 0 unspecified atom stereocenters. The molecule has 2 heterocycles. The van der Waals surface area contributed by atoms with Crippen molar-refractivity contribution in [2.45, 2.75) is 26.4 Å². The highest BCUT2D eigenvalue weighted by Gasteiger charge is 2.21. The summed E-state index contributed by atoms with van der Waals surface area (Å²) >= 11 is 0. The molecule has 0 radical (unpaired) electrons. The van der Waals surface area contributed by atoms with E-state index in [1.165, 1.54) is 6.26 Å². The molecule has 0 aliphatic carbocycles. The Labute approximate surface area is 209 Å². The first-order valence-corrected chi connectivity index (χ1v) is 11.7. The lowest BCUT2D eigenvalue weighted by Gasteiger charge is -2.23. The molecule has 182 valence electrons. The van der Waals surface area contributed by atoms with E-state index in [0.29, 0.717) is 30.3 Å². The lowest BCUT2D eigenvalue weighted by Crippen LogP contribution is -2.30. The zero-order valence-corrected chi connectivity index (χ0v) is 19.9. The van der Waals surface area contributed by atoms with Crippen LogP contribution in [0.1, 0.15) is 32.8 Å². The molecular formula is C29H26N2O5. The average molecular weight is 483 g/mol. The first-order chi connectivity index (χ1) is 17.5. The van der Waals surface area contributed by atoms with Gasteiger partial charge in [0.1, 0.15) is 0 Å². The van der Waals surface area contributed by atoms with Crippen LogP contribution in [0.2, 0.25) is 0 Å². The molecule has 7 nitrogen and oxygen atoms in total. The van der Waals surface area contributed by atoms with Gasteiger partial charge in [0.25, 0.3) is 5.91 Å². The molecule has 0 bridgehead atoms. The van der Waals surface area contributed by atoms with Gasteiger partial charge in [0.15, 0.2) is 17.3 Å². The molecule has 4 aromatic rings. The van der Waals surface area contributed by atoms with Gasteiger partial charge >= 0.3 is 0 Å². The van der Waals surface area contributed by atoms with Crippen LogP contribution in [-0.4, -0.2) is 18.6 Å². The zero-order chi connectivity index (χ0) is 24.9. The molecule has 3 aromatic carbocycles. The Balaban J connectivity index is 1.29. The Morgan fingerprint density at radius 1 is 0.861 bits per heavy atom. The maximum absolute atomic E-state index is 13.3. The molecule has 1 aromatic heterocycles. The topological polar surface area (TPSA) is 81.0 Å². The number of amides is 2. The fraction of sp³-hybridized carbons (Fsp3) is 0.172. The zero-order valence-electron chi connectivity index (χ0n) is 19.9. The summed E-state index contributed by atoms with van der Waals surface area (Å²) in [5.74, 6) is 1.29. The van der Waals surface area contributed by atoms with E-state index in [1.807, 2.05) is 73.7 Å². The number of rotatable bonds is 8. The Hall–Kier alpha value is -4.52. The normalized spacial score (nSPS) is 11.8. The lowest BCUT2D eigenvalue weighted by atomic mass is 10.1. The molecule has 36 heavy (non-hydrogen) atoms. The van der Waals surface area contributed by atoms with E-state index in [2.05, 4.69) is 5.32 Å². The van der Waals surface area contributed by atoms with Gasteiger partial charge in [-0.2, -0.15) is 0 Å². The quantitative estimate of drug-likeness (QED) is 0.381. The van der Waals surface area contributed by atoms with E-state index < -0.39 is 0 Å². The summed E-state index contributed by atoms with van der Waals surface area (Å²) in [6.45, 7) is 2.99. The third kappa shape index (κ3) is 5.41. The predicted octanol–water partition coefficient (Wildman–Crippen LogP) is 5.02. The summed E-state index contributed by atoms with van der Waals surface area (Å²) in [6, 6.07) is 24.5. The Morgan fingerprint density at radius 2 is 1.67 bits per heavy atom. The number of carbonyl (C=O) groups is 2. The molecular weight excluding hydrogens is 456 g/mol. The minimum atomic E-state index is -0.245. The van der Waals surface area contributed by atoms with Crippen LogP contribution in [0.3, 0.4) is 0 Å². The van der Waals surface area contributed by atoms with E-state index in [0.717, 1.165) is 22.3 Å². The van der Waals surface area contributed by atoms with Crippen molar-refractivity contribution < 1.29 is 23.5 Å². The SMILES string of the molecule is Cc1ccc(CN(C(=O)c2ccco2)c2cccc(CC(=O)NCc3ccc4c(c3)OCO4)c2)cc1. The summed E-state index contributed by atoms with van der Waals surface area (Å²) in [5, 5.41) is 2.95. The van der Waals surface area contributed by atoms with Crippen LogP contribution in [0.4, 0.5) is 5.69 Å². The number of hydrogen-bond acceptors (Lipinski definition) is 5. The van der Waals surface area contributed by atoms with Gasteiger partial charge in [-0.3, -0.25) is 9.59 Å². The first kappa shape index (κ1) is 23.2. The standard InChI is InChI=1S/C29H26N2O5/c1-20-7-9-21(10-8-20)18-31(29(33)26-6-3-13-34-26)24-5-2-4-22(14-24)16-28(32)30-17-23-11-12-25-27(15-23)36-19-35-25/h2-15H,16-19H2,1H3,(H,30,32). The van der Waals surface area contributed by atoms with Crippen LogP contribution in [0.25, 0.3) is 0 Å². The molecule has 7 heteroatoms. The van der Waals surface area contributed by atoms with Crippen molar-refractivity contribution in [2.24, 2.45) is 0 Å². The second-order valence-corrected chi connectivity index (χ2v) is 8.67. The van der Waals surface area contributed by atoms with Gasteiger partial charge in [-0.25, -0.2) is 0 Å². The third-order valence-corrected chi connectivity index (χ3v) is 5.95. The molecule has 0 spiro atoms. The molecule has 1 N–H and O–H groups in total. The average Bonchev–Trinajstić information content (AvgIpc) is 3.59. The van der Waals surface area contributed by atoms with Crippen molar-refractivity contribution in [3.8, 4) is 11.5 Å². The molecule has 1 aliphatic heterocycles. The molecule has 1 aliphatic rings. The highest BCUT2D eigenvalue weighted by molar-refractivity contribution is 6.04. The summed E-state index contributed by atoms with van der Waals surface area (Å²) < 4.78 is 16.1. The number of furan rings is 1. The number of benzene rings is 3. The van der Waals surface area contributed by atoms with Crippen LogP contribution in [0.5, 0.6) is 11.5 Å². The van der Waals surface area contributed by atoms with Crippen molar-refractivity contribution >= 4 is 17.5 Å². The lowest BCUT2D eigenvalue weighted by molar-refractivity contribution is -0.120. The molecule has 0 fully saturated rings. The van der Waals surface area contributed by atoms with E-state index in [-0.39, 0.29) is 30.8 Å². The Bertz CT molecular complexity index is 1360. The van der Waals surface area contributed by atoms with Crippen molar-refractivity contribution in [3.05, 3.63) is 113 Å². The number of fused-ring (bicyclic) bond motifs is 1. The summed E-state index contributed by atoms with van der Waals surface area (Å²) in [4.78, 5) is 27.6. The van der Waals surface area contributed by atoms with Crippen LogP contribution < -0.4 is 19.7 Å². The highest BCUT2D eigenvalue weighted by atomic mass is 16.7. The van der Waals surface area contributed by atoms with Gasteiger partial charge < -0.3 is 24.1 Å². The van der Waals surface area contributed by atoms with E-state index in [9.17, 15) is 9.59 Å². The maximum atomic E-state index is 13.3. The van der Waals surface area contributed by atoms with Crippen LogP contribution in [0.15, 0.2) is 89.5 Å². The Morgan fingerprint density at radius 3 is 2.47 bits per heavy atom. The molecule has 0 atom stereocenters. The fourth-order valence-electron chi connectivity index (χ4n) is 4.02. The number of aryl methyl sites for hydroxylation is 1. The van der Waals surface area contributed by atoms with Gasteiger partial charge in [0.2, 0.25) is 12.7 Å². The predicted molar refractivity (Wildman–Crippen MR) is 135 cm³/mol. The van der Waals surface area contributed by atoms with Crippen LogP contribution in [0, 0.1) is 6.92 Å². The summed E-state index contributed by atoms with van der Waals surface area (Å²) in [6.07, 6.45) is 1.67. The van der Waals surface area contributed by atoms with E-state index in [4.69, 9.17) is 13.9 Å². The molecule has 0 saturated heterocycles. The fourth-order valence-corrected chi connectivity index (χ4v) is 4.02. The number of nitrogens with zero attached hydrogens (tertiary/aromatic N) is 1. The second kappa shape index (κ2) is 10.4. The van der Waals surface area contributed by atoms with Gasteiger partial charge in [0, 0.05) is 12.2 Å². The van der Waals surface area contributed by atoms with Crippen LogP contribution >= 0.6 is 0 Å². The minimum absolute atomic E-state index is 0.118. The van der Waals surface area contributed by atoms with Gasteiger partial charge in [0.05, 0.1) is 19.2 Å². The number of anilines is 1. The number of carbonyl (C=O) groups excluding carboxylic acids is 2. The molecule has 5 rings (SSSR count). The summed E-state index contributed by atoms with van der Waals surface area (Å²) in [7, 11) is 0. The second-order valence-electron chi connectivity index (χ2n) is 8.67. The van der Waals surface area contributed by atoms with Gasteiger partial charge in [-0.1, -0.05) is 48.0 Å². The van der Waals surface area contributed by atoms with Gasteiger partial charge in [-0.05, 0) is 60.0 Å². The number of ether oxygens (including phenoxy) is 2. The van der Waals surface area contributed by atoms with Gasteiger partial charge in [-0.15, -0.1) is 0 Å². The van der Waals surface area contributed by atoms with E-state index >= 15 is 0 Å². The third-order valence-electron chi connectivity index (χ3n) is 5.95. The number of hydrogen-bond donors (Lipinski definition) is 1. The van der Waals surface area contributed by atoms with Crippen molar-refractivity contribution in [3.63, 3.8) is 0 Å². The monoisotopic (exact) mass is 482 g/mol. The number of nitrogens with one attached hydrogen (secondary N) is 1. The van der Waals surface area contributed by atoms with Crippen molar-refractivity contribution in [2.75, 3.05) is 11.7 Å². The smallest absolute Gasteiger partial charge is 0.294 e. The van der Waals surface area contributed by atoms with Crippen LogP contribution in [-0.2, 0) is 24.3 Å². The van der Waals surface area contributed by atoms with E-state index in [1.54, 1.807) is 17.0 Å². The first-order valence-electron chi connectivity index (χ1n) is 11.7. The largest absolute Gasteiger partial charge is 0.459 e. The maximum Gasteiger partial charge on any atom is 0.294 e. The Kier molecular flexibility index (Phi) is 6.71. The highest BCUT2D eigenvalue weighted by Crippen LogP contribution is 2.32. The van der Waals surface area contributed by atoms with Crippen molar-refractivity contribution in [1.29, 1.82) is 0 Å². The van der Waals surface area contributed by atoms with Crippen molar-refractivity contribution in [1.82, 2.24) is 5.32 Å². The molecule has 0 saturated carbocycles.